The summed E-state index contributed by atoms with van der Waals surface area (Å²) >= 11 is 3.02. The van der Waals surface area contributed by atoms with Crippen LogP contribution in [-0.2, 0) is 16.1 Å². The van der Waals surface area contributed by atoms with Crippen molar-refractivity contribution in [3.63, 3.8) is 0 Å². The summed E-state index contributed by atoms with van der Waals surface area (Å²) in [5, 5.41) is 2.80. The van der Waals surface area contributed by atoms with Crippen molar-refractivity contribution in [3.05, 3.63) is 33.8 Å². The molecule has 0 radical (unpaired) electrons. The molecule has 1 saturated heterocycles. The Morgan fingerprint density at radius 2 is 2.20 bits per heavy atom. The second-order valence-electron chi connectivity index (χ2n) is 4.14. The number of ether oxygens (including phenoxy) is 1. The number of hydrogen-bond donors (Lipinski definition) is 1. The minimum Gasteiger partial charge on any atom is -0.444 e. The fourth-order valence-corrected chi connectivity index (χ4v) is 2.21. The van der Waals surface area contributed by atoms with E-state index in [1.807, 2.05) is 0 Å². The molecule has 1 N–H and O–H groups in total. The van der Waals surface area contributed by atoms with E-state index in [-0.39, 0.29) is 18.7 Å². The molecule has 0 unspecified atom stereocenters. The molecule has 0 atom stereocenters. The largest absolute Gasteiger partial charge is 0.444 e. The maximum Gasteiger partial charge on any atom is 0.416 e. The number of carbonyl (C=O) groups is 2. The summed E-state index contributed by atoms with van der Waals surface area (Å²) in [6.07, 6.45) is -0.865. The molecule has 0 bridgehead atoms. The number of rotatable bonds is 2. The van der Waals surface area contributed by atoms with E-state index in [0.29, 0.717) is 11.0 Å². The number of piperazine rings is 1. The standard InChI is InChI=1S/C12H11BrF2N2O3/c13-8-3-7(11(15)9(14)4-8)6-20-12(19)17-2-1-16-5-10(17)18/h3-4,16H,1-2,5-6H2. The van der Waals surface area contributed by atoms with Gasteiger partial charge in [-0.15, -0.1) is 0 Å². The highest BCUT2D eigenvalue weighted by atomic mass is 79.9. The third-order valence-electron chi connectivity index (χ3n) is 2.73. The van der Waals surface area contributed by atoms with E-state index in [9.17, 15) is 18.4 Å². The molecule has 1 aliphatic rings. The van der Waals surface area contributed by atoms with Crippen molar-refractivity contribution in [1.29, 1.82) is 0 Å². The van der Waals surface area contributed by atoms with Crippen LogP contribution in [-0.4, -0.2) is 36.5 Å². The predicted octanol–water partition coefficient (Wildman–Crippen LogP) is 1.80. The van der Waals surface area contributed by atoms with Crippen molar-refractivity contribution >= 4 is 27.9 Å². The van der Waals surface area contributed by atoms with Crippen LogP contribution < -0.4 is 5.32 Å². The van der Waals surface area contributed by atoms with E-state index in [0.717, 1.165) is 11.0 Å². The lowest BCUT2D eigenvalue weighted by molar-refractivity contribution is -0.130. The van der Waals surface area contributed by atoms with Crippen LogP contribution in [0.3, 0.4) is 0 Å². The fraction of sp³-hybridized carbons (Fsp3) is 0.333. The molecule has 0 aromatic heterocycles. The Morgan fingerprint density at radius 1 is 1.45 bits per heavy atom. The van der Waals surface area contributed by atoms with E-state index in [1.54, 1.807) is 0 Å². The van der Waals surface area contributed by atoms with Gasteiger partial charge in [0.05, 0.1) is 6.54 Å². The quantitative estimate of drug-likeness (QED) is 0.828. The first kappa shape index (κ1) is 14.9. The molecule has 1 aromatic carbocycles. The molecule has 0 spiro atoms. The second-order valence-corrected chi connectivity index (χ2v) is 5.05. The van der Waals surface area contributed by atoms with Crippen molar-refractivity contribution < 1.29 is 23.1 Å². The Morgan fingerprint density at radius 3 is 2.90 bits per heavy atom. The molecule has 0 saturated carbocycles. The fourth-order valence-electron chi connectivity index (χ4n) is 1.73. The van der Waals surface area contributed by atoms with Crippen LogP contribution >= 0.6 is 15.9 Å². The average Bonchev–Trinajstić information content (AvgIpc) is 2.41. The average molecular weight is 349 g/mol. The van der Waals surface area contributed by atoms with E-state index < -0.39 is 30.2 Å². The molecular weight excluding hydrogens is 338 g/mol. The van der Waals surface area contributed by atoms with Crippen LogP contribution in [0.5, 0.6) is 0 Å². The van der Waals surface area contributed by atoms with Crippen LogP contribution in [0.4, 0.5) is 13.6 Å². The zero-order valence-electron chi connectivity index (χ0n) is 10.3. The smallest absolute Gasteiger partial charge is 0.416 e. The van der Waals surface area contributed by atoms with Gasteiger partial charge in [0, 0.05) is 23.1 Å². The molecular formula is C12H11BrF2N2O3. The molecule has 2 amide bonds. The molecule has 5 nitrogen and oxygen atoms in total. The molecule has 1 fully saturated rings. The Kier molecular flexibility index (Phi) is 4.66. The Labute approximate surface area is 122 Å². The van der Waals surface area contributed by atoms with Gasteiger partial charge in [-0.05, 0) is 12.1 Å². The van der Waals surface area contributed by atoms with Crippen LogP contribution in [0.2, 0.25) is 0 Å². The van der Waals surface area contributed by atoms with E-state index >= 15 is 0 Å². The first-order valence-electron chi connectivity index (χ1n) is 5.80. The normalized spacial score (nSPS) is 15.3. The summed E-state index contributed by atoms with van der Waals surface area (Å²) < 4.78 is 31.8. The van der Waals surface area contributed by atoms with Gasteiger partial charge < -0.3 is 10.1 Å². The van der Waals surface area contributed by atoms with E-state index in [4.69, 9.17) is 4.74 Å². The number of hydrogen-bond acceptors (Lipinski definition) is 4. The minimum absolute atomic E-state index is 0.0506. The monoisotopic (exact) mass is 348 g/mol. The molecule has 108 valence electrons. The number of halogens is 3. The van der Waals surface area contributed by atoms with E-state index in [2.05, 4.69) is 21.2 Å². The van der Waals surface area contributed by atoms with Gasteiger partial charge in [-0.25, -0.2) is 18.5 Å². The predicted molar refractivity (Wildman–Crippen MR) is 68.8 cm³/mol. The van der Waals surface area contributed by atoms with Crippen LogP contribution in [0.15, 0.2) is 16.6 Å². The molecule has 1 aliphatic heterocycles. The number of imide groups is 1. The van der Waals surface area contributed by atoms with Crippen molar-refractivity contribution in [2.24, 2.45) is 0 Å². The third-order valence-corrected chi connectivity index (χ3v) is 3.19. The van der Waals surface area contributed by atoms with Gasteiger partial charge in [-0.3, -0.25) is 4.79 Å². The zero-order valence-corrected chi connectivity index (χ0v) is 11.9. The summed E-state index contributed by atoms with van der Waals surface area (Å²) in [4.78, 5) is 24.1. The minimum atomic E-state index is -1.08. The SMILES string of the molecule is O=C1CNCCN1C(=O)OCc1cc(Br)cc(F)c1F. The van der Waals surface area contributed by atoms with Crippen molar-refractivity contribution in [2.45, 2.75) is 6.61 Å². The summed E-state index contributed by atoms with van der Waals surface area (Å²) in [6.45, 7) is 0.265. The van der Waals surface area contributed by atoms with Gasteiger partial charge in [0.25, 0.3) is 0 Å². The van der Waals surface area contributed by atoms with Gasteiger partial charge in [0.15, 0.2) is 11.6 Å². The van der Waals surface area contributed by atoms with Gasteiger partial charge in [-0.2, -0.15) is 0 Å². The molecule has 20 heavy (non-hydrogen) atoms. The molecule has 1 heterocycles. The zero-order chi connectivity index (χ0) is 14.7. The number of nitrogens with zero attached hydrogens (tertiary/aromatic N) is 1. The highest BCUT2D eigenvalue weighted by Crippen LogP contribution is 2.20. The summed E-state index contributed by atoms with van der Waals surface area (Å²) in [5.74, 6) is -2.53. The number of nitrogens with one attached hydrogen (secondary N) is 1. The first-order chi connectivity index (χ1) is 9.49. The van der Waals surface area contributed by atoms with Gasteiger partial charge >= 0.3 is 6.09 Å². The van der Waals surface area contributed by atoms with Crippen LogP contribution in [0.25, 0.3) is 0 Å². The second kappa shape index (κ2) is 6.27. The maximum atomic E-state index is 13.5. The Bertz CT molecular complexity index is 554. The van der Waals surface area contributed by atoms with Gasteiger partial charge in [0.1, 0.15) is 6.61 Å². The van der Waals surface area contributed by atoms with Crippen LogP contribution in [0.1, 0.15) is 5.56 Å². The molecule has 0 aliphatic carbocycles. The number of amides is 2. The topological polar surface area (TPSA) is 58.6 Å². The van der Waals surface area contributed by atoms with Gasteiger partial charge in [0.2, 0.25) is 5.91 Å². The summed E-state index contributed by atoms with van der Waals surface area (Å²) in [6, 6.07) is 2.28. The lowest BCUT2D eigenvalue weighted by Gasteiger charge is -2.24. The lowest BCUT2D eigenvalue weighted by atomic mass is 10.2. The number of benzene rings is 1. The van der Waals surface area contributed by atoms with E-state index in [1.165, 1.54) is 6.07 Å². The lowest BCUT2D eigenvalue weighted by Crippen LogP contribution is -2.50. The van der Waals surface area contributed by atoms with Crippen molar-refractivity contribution in [1.82, 2.24) is 10.2 Å². The molecule has 1 aromatic rings. The first-order valence-corrected chi connectivity index (χ1v) is 6.59. The maximum absolute atomic E-state index is 13.5. The Hall–Kier alpha value is -1.54. The number of carbonyl (C=O) groups excluding carboxylic acids is 2. The highest BCUT2D eigenvalue weighted by Gasteiger charge is 2.25. The third kappa shape index (κ3) is 3.31. The Balaban J connectivity index is 2.01. The van der Waals surface area contributed by atoms with Crippen molar-refractivity contribution in [2.75, 3.05) is 19.6 Å². The van der Waals surface area contributed by atoms with Crippen LogP contribution in [0, 0.1) is 11.6 Å². The molecule has 2 rings (SSSR count). The highest BCUT2D eigenvalue weighted by molar-refractivity contribution is 9.10. The van der Waals surface area contributed by atoms with Gasteiger partial charge in [-0.1, -0.05) is 15.9 Å². The summed E-state index contributed by atoms with van der Waals surface area (Å²) in [5.41, 5.74) is -0.104. The van der Waals surface area contributed by atoms with Crippen molar-refractivity contribution in [3.8, 4) is 0 Å². The summed E-state index contributed by atoms with van der Waals surface area (Å²) in [7, 11) is 0. The molecule has 8 heteroatoms.